The molecule has 0 aliphatic rings. The number of hydrogen-bond donors (Lipinski definition) is 0. The van der Waals surface area contributed by atoms with Crippen molar-refractivity contribution in [2.24, 2.45) is 0 Å². The van der Waals surface area contributed by atoms with E-state index in [1.807, 2.05) is 22.7 Å². The Bertz CT molecular complexity index is 3930. The molecule has 0 amide bonds. The monoisotopic (exact) mass is 851 g/mol. The molecule has 0 bridgehead atoms. The Morgan fingerprint density at radius 2 is 0.703 bits per heavy atom. The third kappa shape index (κ3) is 5.26. The van der Waals surface area contributed by atoms with Crippen molar-refractivity contribution in [2.75, 3.05) is 0 Å². The SMILES string of the molecule is c1ccc(-c2cc(-c3ccccc3)cc(-c3nc(-n4c5ccccc5c5c6sc7ccccc7c6ccc54)nc(-n4c5ccccc5c5c6sc7ccccc7c6ccc54)n3)c2)cc1. The Morgan fingerprint density at radius 3 is 1.19 bits per heavy atom. The van der Waals surface area contributed by atoms with Crippen molar-refractivity contribution in [3.63, 3.8) is 0 Å². The van der Waals surface area contributed by atoms with Crippen molar-refractivity contribution in [3.05, 3.63) is 200 Å². The molecule has 9 aromatic carbocycles. The average molecular weight is 852 g/mol. The minimum atomic E-state index is 0.562. The van der Waals surface area contributed by atoms with Crippen LogP contribution in [0.4, 0.5) is 0 Å². The maximum absolute atomic E-state index is 5.56. The van der Waals surface area contributed by atoms with Crippen LogP contribution in [-0.2, 0) is 0 Å². The van der Waals surface area contributed by atoms with Gasteiger partial charge in [0.2, 0.25) is 11.9 Å². The van der Waals surface area contributed by atoms with E-state index >= 15 is 0 Å². The number of fused-ring (bicyclic) bond motifs is 14. The smallest absolute Gasteiger partial charge is 0.240 e. The van der Waals surface area contributed by atoms with Gasteiger partial charge in [-0.3, -0.25) is 9.13 Å². The third-order valence-electron chi connectivity index (χ3n) is 12.8. The molecule has 64 heavy (non-hydrogen) atoms. The van der Waals surface area contributed by atoms with Gasteiger partial charge >= 0.3 is 0 Å². The zero-order valence-electron chi connectivity index (χ0n) is 34.1. The highest BCUT2D eigenvalue weighted by atomic mass is 32.1. The van der Waals surface area contributed by atoms with Crippen LogP contribution < -0.4 is 0 Å². The first-order valence-corrected chi connectivity index (χ1v) is 23.1. The Hall–Kier alpha value is -7.97. The number of para-hydroxylation sites is 2. The highest BCUT2D eigenvalue weighted by molar-refractivity contribution is 7.27. The summed E-state index contributed by atoms with van der Waals surface area (Å²) in [6.07, 6.45) is 0. The molecule has 0 radical (unpaired) electrons. The fourth-order valence-corrected chi connectivity index (χ4v) is 12.5. The van der Waals surface area contributed by atoms with Gasteiger partial charge in [-0.15, -0.1) is 22.7 Å². The second-order valence-electron chi connectivity index (χ2n) is 16.4. The first-order valence-electron chi connectivity index (χ1n) is 21.4. The second-order valence-corrected chi connectivity index (χ2v) is 18.5. The summed E-state index contributed by atoms with van der Waals surface area (Å²) in [7, 11) is 0. The van der Waals surface area contributed by atoms with E-state index in [0.29, 0.717) is 17.7 Å². The maximum atomic E-state index is 5.56. The van der Waals surface area contributed by atoms with E-state index in [2.05, 4.69) is 209 Å². The van der Waals surface area contributed by atoms with Gasteiger partial charge in [0.05, 0.1) is 22.1 Å². The van der Waals surface area contributed by atoms with E-state index in [4.69, 9.17) is 15.0 Å². The van der Waals surface area contributed by atoms with Crippen LogP contribution in [0.15, 0.2) is 200 Å². The lowest BCUT2D eigenvalue weighted by Crippen LogP contribution is -2.10. The maximum Gasteiger partial charge on any atom is 0.240 e. The summed E-state index contributed by atoms with van der Waals surface area (Å²) in [6.45, 7) is 0. The summed E-state index contributed by atoms with van der Waals surface area (Å²) in [5.41, 5.74) is 9.54. The number of aromatic nitrogens is 5. The highest BCUT2D eigenvalue weighted by Gasteiger charge is 2.24. The minimum Gasteiger partial charge on any atom is -0.278 e. The number of thiophene rings is 2. The third-order valence-corrected chi connectivity index (χ3v) is 15.2. The van der Waals surface area contributed by atoms with Gasteiger partial charge in [-0.05, 0) is 76.9 Å². The lowest BCUT2D eigenvalue weighted by atomic mass is 9.96. The molecule has 0 aliphatic carbocycles. The molecule has 14 rings (SSSR count). The van der Waals surface area contributed by atoms with Gasteiger partial charge in [-0.2, -0.15) is 15.0 Å². The number of rotatable bonds is 5. The quantitative estimate of drug-likeness (QED) is 0.173. The van der Waals surface area contributed by atoms with Gasteiger partial charge in [0.25, 0.3) is 0 Å². The van der Waals surface area contributed by atoms with Crippen LogP contribution in [-0.4, -0.2) is 24.1 Å². The fourth-order valence-electron chi connectivity index (χ4n) is 9.93. The molecule has 7 heteroatoms. The molecule has 0 atom stereocenters. The highest BCUT2D eigenvalue weighted by Crippen LogP contribution is 2.45. The Labute approximate surface area is 374 Å². The second kappa shape index (κ2) is 13.8. The summed E-state index contributed by atoms with van der Waals surface area (Å²) < 4.78 is 9.58. The molecule has 5 aromatic heterocycles. The number of hydrogen-bond acceptors (Lipinski definition) is 5. The summed E-state index contributed by atoms with van der Waals surface area (Å²) in [5.74, 6) is 1.72. The van der Waals surface area contributed by atoms with E-state index in [9.17, 15) is 0 Å². The summed E-state index contributed by atoms with van der Waals surface area (Å²) in [5, 5.41) is 9.82. The number of nitrogens with zero attached hydrogens (tertiary/aromatic N) is 5. The van der Waals surface area contributed by atoms with Crippen LogP contribution in [0.2, 0.25) is 0 Å². The van der Waals surface area contributed by atoms with E-state index in [1.54, 1.807) is 0 Å². The molecule has 5 heterocycles. The van der Waals surface area contributed by atoms with Crippen LogP contribution in [0.3, 0.4) is 0 Å². The Morgan fingerprint density at radius 1 is 0.297 bits per heavy atom. The molecule has 0 saturated heterocycles. The van der Waals surface area contributed by atoms with Crippen molar-refractivity contribution in [1.82, 2.24) is 24.1 Å². The van der Waals surface area contributed by atoms with Crippen molar-refractivity contribution in [3.8, 4) is 45.5 Å². The lowest BCUT2D eigenvalue weighted by molar-refractivity contribution is 0.893. The van der Waals surface area contributed by atoms with Crippen LogP contribution in [0.1, 0.15) is 0 Å². The van der Waals surface area contributed by atoms with Crippen molar-refractivity contribution < 1.29 is 0 Å². The minimum absolute atomic E-state index is 0.562. The first kappa shape index (κ1) is 35.6. The van der Waals surface area contributed by atoms with E-state index in [-0.39, 0.29) is 0 Å². The summed E-state index contributed by atoms with van der Waals surface area (Å²) in [6, 6.07) is 71.7. The molecule has 298 valence electrons. The van der Waals surface area contributed by atoms with Gasteiger partial charge in [0.15, 0.2) is 5.82 Å². The fraction of sp³-hybridized carbons (Fsp3) is 0. The Kier molecular flexibility index (Phi) is 7.66. The lowest BCUT2D eigenvalue weighted by Gasteiger charge is -2.14. The molecular formula is C57H33N5S2. The van der Waals surface area contributed by atoms with E-state index in [1.165, 1.54) is 61.9 Å². The Balaban J connectivity index is 1.11. The molecule has 5 nitrogen and oxygen atoms in total. The van der Waals surface area contributed by atoms with Crippen LogP contribution in [0.5, 0.6) is 0 Å². The van der Waals surface area contributed by atoms with Gasteiger partial charge in [-0.25, -0.2) is 0 Å². The molecule has 0 N–H and O–H groups in total. The largest absolute Gasteiger partial charge is 0.278 e. The van der Waals surface area contributed by atoms with Gasteiger partial charge in [0, 0.05) is 67.5 Å². The predicted molar refractivity (Wildman–Crippen MR) is 271 cm³/mol. The number of benzene rings is 9. The van der Waals surface area contributed by atoms with Crippen molar-refractivity contribution >= 4 is 107 Å². The predicted octanol–water partition coefficient (Wildman–Crippen LogP) is 15.8. The van der Waals surface area contributed by atoms with E-state index < -0.39 is 0 Å². The van der Waals surface area contributed by atoms with E-state index in [0.717, 1.165) is 49.9 Å². The topological polar surface area (TPSA) is 48.5 Å². The van der Waals surface area contributed by atoms with Gasteiger partial charge < -0.3 is 0 Å². The first-order chi connectivity index (χ1) is 31.7. The van der Waals surface area contributed by atoms with Crippen molar-refractivity contribution in [1.29, 1.82) is 0 Å². The molecule has 0 saturated carbocycles. The molecule has 0 aliphatic heterocycles. The van der Waals surface area contributed by atoms with Crippen LogP contribution >= 0.6 is 22.7 Å². The molecule has 0 unspecified atom stereocenters. The normalized spacial score (nSPS) is 12.1. The summed E-state index contributed by atoms with van der Waals surface area (Å²) >= 11 is 3.70. The van der Waals surface area contributed by atoms with Gasteiger partial charge in [-0.1, -0.05) is 146 Å². The zero-order valence-corrected chi connectivity index (χ0v) is 35.7. The zero-order chi connectivity index (χ0) is 41.9. The molecular weight excluding hydrogens is 819 g/mol. The summed E-state index contributed by atoms with van der Waals surface area (Å²) in [4.78, 5) is 16.6. The molecule has 0 spiro atoms. The molecule has 0 fully saturated rings. The standard InChI is InChI=1S/C57H33N5S2/c1-3-15-34(16-4-1)36-31-37(35-17-5-2-6-18-35)33-38(32-36)55-58-56(61-45-23-11-7-21-43(45)51-47(61)29-27-41-39-19-9-13-25-49(39)63-53(41)51)60-57(59-55)62-46-24-12-8-22-44(46)52-48(62)30-28-42-40-20-10-14-26-50(40)64-54(42)52/h1-33H. The average Bonchev–Trinajstić information content (AvgIpc) is 4.12. The van der Waals surface area contributed by atoms with Crippen LogP contribution in [0, 0.1) is 0 Å². The molecule has 14 aromatic rings. The van der Waals surface area contributed by atoms with Crippen molar-refractivity contribution in [2.45, 2.75) is 0 Å². The van der Waals surface area contributed by atoms with Gasteiger partial charge in [0.1, 0.15) is 0 Å². The van der Waals surface area contributed by atoms with Crippen LogP contribution in [0.25, 0.3) is 129 Å².